The number of amides is 1. The molecule has 2 unspecified atom stereocenters. The molecule has 2 fully saturated rings. The summed E-state index contributed by atoms with van der Waals surface area (Å²) in [5.74, 6) is -0.864. The van der Waals surface area contributed by atoms with Gasteiger partial charge in [0, 0.05) is 6.92 Å². The van der Waals surface area contributed by atoms with Gasteiger partial charge < -0.3 is 55.3 Å². The number of phosphoric acid groups is 2. The highest BCUT2D eigenvalue weighted by Crippen LogP contribution is 2.57. The smallest absolute Gasteiger partial charge is 0.280 e. The van der Waals surface area contributed by atoms with Crippen molar-refractivity contribution in [2.24, 2.45) is 0 Å². The molecule has 4 heterocycles. The van der Waals surface area contributed by atoms with Crippen LogP contribution in [-0.4, -0.2) is 101 Å². The first-order chi connectivity index (χ1) is 19.0. The summed E-state index contributed by atoms with van der Waals surface area (Å²) in [4.78, 5) is 57.7. The summed E-state index contributed by atoms with van der Waals surface area (Å²) in [5.41, 5.74) is 4.53. The van der Waals surface area contributed by atoms with E-state index >= 15 is 0 Å². The van der Waals surface area contributed by atoms with E-state index in [2.05, 4.69) is 33.6 Å². The number of rotatable bonds is 9. The number of aromatic nitrogens is 4. The van der Waals surface area contributed by atoms with E-state index in [-0.39, 0.29) is 17.1 Å². The molecule has 0 bridgehead atoms. The topological polar surface area (TPSA) is 326 Å². The lowest BCUT2D eigenvalue weighted by Crippen LogP contribution is -2.62. The largest absolute Gasteiger partial charge is 0.756 e. The number of nitrogens with one attached hydrogen (secondary N) is 2. The van der Waals surface area contributed by atoms with Crippen molar-refractivity contribution < 1.29 is 67.0 Å². The van der Waals surface area contributed by atoms with Crippen molar-refractivity contribution in [3.05, 3.63) is 16.7 Å². The van der Waals surface area contributed by atoms with Gasteiger partial charge in [0.2, 0.25) is 11.9 Å². The molecule has 0 aliphatic carbocycles. The average molecular weight is 628 g/mol. The molecule has 4 rings (SSSR count). The van der Waals surface area contributed by atoms with Crippen molar-refractivity contribution in [2.45, 2.75) is 69.0 Å². The first-order valence-corrected chi connectivity index (χ1v) is 14.6. The van der Waals surface area contributed by atoms with Gasteiger partial charge in [-0.05, 0) is 6.92 Å². The number of anilines is 1. The summed E-state index contributed by atoms with van der Waals surface area (Å²) in [6.07, 6.45) is -12.5. The molecule has 41 heavy (non-hydrogen) atoms. The van der Waals surface area contributed by atoms with Gasteiger partial charge in [0.25, 0.3) is 21.2 Å². The van der Waals surface area contributed by atoms with Gasteiger partial charge in [0.15, 0.2) is 23.7 Å². The molecular formula is C18H26N6O15P2-2. The molecule has 230 valence electrons. The maximum atomic E-state index is 12.2. The number of aromatic amines is 1. The third kappa shape index (κ3) is 6.83. The van der Waals surface area contributed by atoms with Crippen LogP contribution >= 0.6 is 15.6 Å². The Kier molecular flexibility index (Phi) is 9.03. The number of nitrogens with two attached hydrogens (primary N) is 1. The second-order valence-electron chi connectivity index (χ2n) is 9.12. The zero-order valence-electron chi connectivity index (χ0n) is 21.1. The van der Waals surface area contributed by atoms with Gasteiger partial charge in [-0.25, -0.2) is 9.29 Å². The van der Waals surface area contributed by atoms with Gasteiger partial charge in [-0.15, -0.1) is 0 Å². The monoisotopic (exact) mass is 628 g/mol. The number of hydrogen-bond donors (Lipinski definition) is 7. The highest BCUT2D eigenvalue weighted by molar-refractivity contribution is 7.59. The minimum absolute atomic E-state index is 0.124. The summed E-state index contributed by atoms with van der Waals surface area (Å²) < 4.78 is 49.0. The molecule has 2 aliphatic heterocycles. The van der Waals surface area contributed by atoms with Gasteiger partial charge >= 0.3 is 0 Å². The highest BCUT2D eigenvalue weighted by atomic mass is 31.3. The molecule has 2 saturated heterocycles. The molecule has 8 N–H and O–H groups in total. The molecule has 0 aromatic carbocycles. The number of nitrogen functional groups attached to an aromatic ring is 1. The molecule has 0 saturated carbocycles. The van der Waals surface area contributed by atoms with Crippen LogP contribution in [0.15, 0.2) is 11.1 Å². The number of nitrogens with zero attached hydrogens (tertiary/aromatic N) is 3. The van der Waals surface area contributed by atoms with E-state index < -0.39 is 88.9 Å². The first-order valence-electron chi connectivity index (χ1n) is 11.7. The van der Waals surface area contributed by atoms with E-state index in [4.69, 9.17) is 15.2 Å². The zero-order chi connectivity index (χ0) is 30.4. The van der Waals surface area contributed by atoms with Crippen LogP contribution in [-0.2, 0) is 36.8 Å². The maximum absolute atomic E-state index is 12.2. The summed E-state index contributed by atoms with van der Waals surface area (Å²) in [7, 11) is -11.6. The lowest BCUT2D eigenvalue weighted by Gasteiger charge is -2.43. The van der Waals surface area contributed by atoms with E-state index in [0.717, 1.165) is 17.8 Å². The number of aliphatic hydroxyl groups is 4. The highest BCUT2D eigenvalue weighted by Gasteiger charge is 2.47. The van der Waals surface area contributed by atoms with Crippen molar-refractivity contribution >= 4 is 38.7 Å². The predicted molar refractivity (Wildman–Crippen MR) is 126 cm³/mol. The van der Waals surface area contributed by atoms with E-state index in [1.807, 2.05) is 0 Å². The van der Waals surface area contributed by atoms with Crippen LogP contribution in [0.4, 0.5) is 5.95 Å². The number of imidazole rings is 1. The van der Waals surface area contributed by atoms with Crippen molar-refractivity contribution in [1.82, 2.24) is 24.8 Å². The minimum atomic E-state index is -5.85. The van der Waals surface area contributed by atoms with Crippen LogP contribution in [0.1, 0.15) is 20.1 Å². The Morgan fingerprint density at radius 2 is 1.85 bits per heavy atom. The van der Waals surface area contributed by atoms with Crippen molar-refractivity contribution in [1.29, 1.82) is 0 Å². The molecule has 2 aromatic heterocycles. The Hall–Kier alpha value is -2.36. The molecule has 21 nitrogen and oxygen atoms in total. The van der Waals surface area contributed by atoms with Gasteiger partial charge in [-0.1, -0.05) is 0 Å². The third-order valence-electron chi connectivity index (χ3n) is 6.11. The Labute approximate surface area is 229 Å². The van der Waals surface area contributed by atoms with Crippen LogP contribution in [0.5, 0.6) is 0 Å². The summed E-state index contributed by atoms with van der Waals surface area (Å²) >= 11 is 0. The van der Waals surface area contributed by atoms with Gasteiger partial charge in [0.1, 0.15) is 30.5 Å². The van der Waals surface area contributed by atoms with Crippen molar-refractivity contribution in [3.63, 3.8) is 0 Å². The van der Waals surface area contributed by atoms with E-state index in [1.165, 1.54) is 6.92 Å². The van der Waals surface area contributed by atoms with Crippen LogP contribution in [0.3, 0.4) is 0 Å². The third-order valence-corrected chi connectivity index (χ3v) is 8.64. The number of ether oxygens (including phenoxy) is 2. The van der Waals surface area contributed by atoms with Gasteiger partial charge in [-0.3, -0.25) is 32.8 Å². The number of fused-ring (bicyclic) bond motifs is 1. The lowest BCUT2D eigenvalue weighted by atomic mass is 9.97. The fourth-order valence-corrected chi connectivity index (χ4v) is 6.32. The number of carbonyl (C=O) groups is 1. The van der Waals surface area contributed by atoms with Crippen LogP contribution in [0.25, 0.3) is 11.2 Å². The van der Waals surface area contributed by atoms with E-state index in [0.29, 0.717) is 0 Å². The van der Waals surface area contributed by atoms with Crippen molar-refractivity contribution in [2.75, 3.05) is 12.3 Å². The molecule has 1 amide bonds. The molecule has 2 aromatic rings. The van der Waals surface area contributed by atoms with E-state index in [1.54, 1.807) is 0 Å². The van der Waals surface area contributed by atoms with Gasteiger partial charge in [0.05, 0.1) is 25.1 Å². The SMILES string of the molecule is CC(=O)N[C@H]1[C@H](O)[C@H](O)[C@@H](OP(=O)([O-])OP(=O)([O-])OC[C@H]2O[C@@H](n3cnc4c(=O)[nH]c(N)nc43)[C@H](O)[C@@H]2O)O[C@@H]1C. The second kappa shape index (κ2) is 11.7. The molecule has 0 radical (unpaired) electrons. The Morgan fingerprint density at radius 3 is 2.51 bits per heavy atom. The molecule has 11 atom stereocenters. The first kappa shape index (κ1) is 31.6. The maximum Gasteiger partial charge on any atom is 0.280 e. The Morgan fingerprint density at radius 1 is 1.17 bits per heavy atom. The number of carbonyl (C=O) groups excluding carboxylic acids is 1. The number of hydrogen-bond acceptors (Lipinski definition) is 18. The summed E-state index contributed by atoms with van der Waals surface area (Å²) in [6.45, 7) is 1.38. The van der Waals surface area contributed by atoms with Crippen LogP contribution < -0.4 is 26.4 Å². The number of aliphatic hydroxyl groups excluding tert-OH is 4. The number of H-pyrrole nitrogens is 1. The molecular weight excluding hydrogens is 602 g/mol. The van der Waals surface area contributed by atoms with E-state index in [9.17, 15) is 48.9 Å². The number of phosphoric ester groups is 2. The zero-order valence-corrected chi connectivity index (χ0v) is 22.9. The van der Waals surface area contributed by atoms with Crippen LogP contribution in [0.2, 0.25) is 0 Å². The quantitative estimate of drug-likeness (QED) is 0.128. The fraction of sp³-hybridized carbons (Fsp3) is 0.667. The Balaban J connectivity index is 1.38. The summed E-state index contributed by atoms with van der Waals surface area (Å²) in [6, 6.07) is -1.14. The molecule has 2 aliphatic rings. The average Bonchev–Trinajstić information content (AvgIpc) is 3.38. The molecule has 0 spiro atoms. The molecule has 23 heteroatoms. The normalized spacial score (nSPS) is 35.2. The second-order valence-corrected chi connectivity index (χ2v) is 12.0. The fourth-order valence-electron chi connectivity index (χ4n) is 4.24. The lowest BCUT2D eigenvalue weighted by molar-refractivity contribution is -0.286. The van der Waals surface area contributed by atoms with Gasteiger partial charge in [-0.2, -0.15) is 4.98 Å². The minimum Gasteiger partial charge on any atom is -0.756 e. The van der Waals surface area contributed by atoms with Crippen molar-refractivity contribution in [3.8, 4) is 0 Å². The summed E-state index contributed by atoms with van der Waals surface area (Å²) in [5, 5.41) is 43.4. The predicted octanol–water partition coefficient (Wildman–Crippen LogP) is -4.72. The standard InChI is InChI=1S/C18H28N6O15P2/c1-5-8(21-6(2)25)11(27)13(29)17(36-5)38-41(33,34)39-40(31,32)35-3-7-10(26)12(28)16(37-7)24-4-20-9-14(24)22-18(19)23-15(9)30/h4-5,7-8,10-13,16-17,26-29H,3H2,1-2H3,(H,21,25)(H,31,32)(H,33,34)(H3,19,22,23,30)/p-2/t5-,7-,8-,10-,11+,12-,13+,16-,17-/m1/s1. The van der Waals surface area contributed by atoms with Crippen LogP contribution in [0, 0.1) is 0 Å². The Bertz CT molecular complexity index is 1440.